The predicted molar refractivity (Wildman–Crippen MR) is 103 cm³/mol. The quantitative estimate of drug-likeness (QED) is 0.224. The summed E-state index contributed by atoms with van der Waals surface area (Å²) < 4.78 is 5.41. The van der Waals surface area contributed by atoms with Crippen molar-refractivity contribution in [1.82, 2.24) is 9.97 Å². The SMILES string of the molecule is O=C(c1[c-]cccc1)c1ccccn1.[Ir].[Ir].[c-]1ccccc1Oc1ccccn1. The molecule has 0 atom stereocenters. The summed E-state index contributed by atoms with van der Waals surface area (Å²) in [6.07, 6.45) is 3.30. The molecule has 150 valence electrons. The Morgan fingerprint density at radius 1 is 0.724 bits per heavy atom. The monoisotopic (exact) mass is 738 g/mol. The van der Waals surface area contributed by atoms with Gasteiger partial charge in [0.1, 0.15) is 5.78 Å². The Labute approximate surface area is 197 Å². The zero-order chi connectivity index (χ0) is 18.7. The number of rotatable bonds is 4. The van der Waals surface area contributed by atoms with Crippen molar-refractivity contribution >= 4 is 5.78 Å². The normalized spacial score (nSPS) is 8.97. The molecule has 0 unspecified atom stereocenters. The molecule has 2 radical (unpaired) electrons. The fraction of sp³-hybridized carbons (Fsp3) is 0. The number of hydrogen-bond donors (Lipinski definition) is 0. The average molecular weight is 737 g/mol. The number of nitrogens with zero attached hydrogens (tertiary/aromatic N) is 2. The van der Waals surface area contributed by atoms with E-state index in [0.717, 1.165) is 0 Å². The summed E-state index contributed by atoms with van der Waals surface area (Å²) in [4.78, 5) is 19.8. The maximum atomic E-state index is 11.8. The van der Waals surface area contributed by atoms with Gasteiger partial charge in [-0.3, -0.25) is 4.98 Å². The molecule has 6 heteroatoms. The van der Waals surface area contributed by atoms with Crippen LogP contribution in [0, 0.1) is 12.1 Å². The zero-order valence-corrected chi connectivity index (χ0v) is 19.9. The van der Waals surface area contributed by atoms with Crippen LogP contribution in [0.3, 0.4) is 0 Å². The van der Waals surface area contributed by atoms with E-state index < -0.39 is 0 Å². The van der Waals surface area contributed by atoms with Crippen LogP contribution in [0.2, 0.25) is 0 Å². The van der Waals surface area contributed by atoms with Gasteiger partial charge in [0.15, 0.2) is 0 Å². The summed E-state index contributed by atoms with van der Waals surface area (Å²) in [6, 6.07) is 31.2. The van der Waals surface area contributed by atoms with Gasteiger partial charge in [0.2, 0.25) is 5.88 Å². The first-order valence-corrected chi connectivity index (χ1v) is 8.31. The molecule has 0 fully saturated rings. The van der Waals surface area contributed by atoms with E-state index in [0.29, 0.717) is 22.9 Å². The van der Waals surface area contributed by atoms with E-state index in [1.54, 1.807) is 54.9 Å². The Morgan fingerprint density at radius 3 is 1.93 bits per heavy atom. The third-order valence-corrected chi connectivity index (χ3v) is 3.38. The number of ketones is 1. The van der Waals surface area contributed by atoms with Gasteiger partial charge in [-0.25, -0.2) is 4.98 Å². The van der Waals surface area contributed by atoms with Crippen LogP contribution >= 0.6 is 0 Å². The van der Waals surface area contributed by atoms with Crippen molar-refractivity contribution in [2.45, 2.75) is 0 Å². The van der Waals surface area contributed by atoms with Crippen LogP contribution in [-0.4, -0.2) is 15.8 Å². The second-order valence-corrected chi connectivity index (χ2v) is 5.32. The smallest absolute Gasteiger partial charge is 0.216 e. The summed E-state index contributed by atoms with van der Waals surface area (Å²) in [5.41, 5.74) is 1.00. The Balaban J connectivity index is 0.000000272. The number of pyridine rings is 2. The van der Waals surface area contributed by atoms with Gasteiger partial charge in [0.25, 0.3) is 0 Å². The fourth-order valence-corrected chi connectivity index (χ4v) is 2.13. The molecule has 4 nitrogen and oxygen atoms in total. The van der Waals surface area contributed by atoms with Crippen molar-refractivity contribution in [3.63, 3.8) is 0 Å². The van der Waals surface area contributed by atoms with Gasteiger partial charge in [-0.1, -0.05) is 12.1 Å². The molecule has 4 rings (SSSR count). The summed E-state index contributed by atoms with van der Waals surface area (Å²) in [7, 11) is 0. The largest absolute Gasteiger partial charge is 0.466 e. The van der Waals surface area contributed by atoms with Crippen LogP contribution in [0.4, 0.5) is 0 Å². The van der Waals surface area contributed by atoms with Gasteiger partial charge >= 0.3 is 0 Å². The number of benzene rings is 2. The molecular formula is C23H16Ir2N2O2-2. The molecule has 0 aliphatic heterocycles. The summed E-state index contributed by atoms with van der Waals surface area (Å²) in [5.74, 6) is 1.18. The molecular weight excluding hydrogens is 721 g/mol. The minimum Gasteiger partial charge on any atom is -0.466 e. The van der Waals surface area contributed by atoms with Crippen LogP contribution in [-0.2, 0) is 40.2 Å². The van der Waals surface area contributed by atoms with Crippen molar-refractivity contribution < 1.29 is 49.7 Å². The minimum atomic E-state index is -0.0915. The van der Waals surface area contributed by atoms with Gasteiger partial charge in [0.05, 0.1) is 5.69 Å². The number of ether oxygens (including phenoxy) is 1. The van der Waals surface area contributed by atoms with E-state index in [2.05, 4.69) is 22.1 Å². The standard InChI is InChI=1S/C12H8NO.C11H8NO.2Ir/c14-12(10-6-2-1-3-7-10)11-8-4-5-9-13-11;1-2-6-10(7-3-1)13-11-8-4-5-9-12-11;;/h1-6,8-9H;1-6,8-9H;;/q2*-1;;. The van der Waals surface area contributed by atoms with Crippen molar-refractivity contribution in [2.24, 2.45) is 0 Å². The fourth-order valence-electron chi connectivity index (χ4n) is 2.13. The molecule has 2 aromatic heterocycles. The van der Waals surface area contributed by atoms with E-state index >= 15 is 0 Å². The average Bonchev–Trinajstić information content (AvgIpc) is 2.76. The molecule has 4 aromatic rings. The molecule has 2 heterocycles. The maximum absolute atomic E-state index is 11.8. The van der Waals surface area contributed by atoms with E-state index in [-0.39, 0.29) is 46.0 Å². The summed E-state index contributed by atoms with van der Waals surface area (Å²) in [5, 5.41) is 0. The third-order valence-electron chi connectivity index (χ3n) is 3.38. The van der Waals surface area contributed by atoms with E-state index in [1.807, 2.05) is 42.5 Å². The first-order valence-electron chi connectivity index (χ1n) is 8.31. The molecule has 0 aliphatic carbocycles. The molecule has 0 saturated carbocycles. The molecule has 29 heavy (non-hydrogen) atoms. The molecule has 0 N–H and O–H groups in total. The number of para-hydroxylation sites is 1. The van der Waals surface area contributed by atoms with Gasteiger partial charge in [-0.05, 0) is 18.2 Å². The van der Waals surface area contributed by atoms with E-state index in [9.17, 15) is 4.79 Å². The molecule has 0 aliphatic rings. The molecule has 0 spiro atoms. The summed E-state index contributed by atoms with van der Waals surface area (Å²) in [6.45, 7) is 0. The summed E-state index contributed by atoms with van der Waals surface area (Å²) >= 11 is 0. The molecule has 0 bridgehead atoms. The number of carbonyl (C=O) groups excluding carboxylic acids is 1. The first-order chi connectivity index (χ1) is 13.3. The number of hydrogen-bond acceptors (Lipinski definition) is 4. The van der Waals surface area contributed by atoms with Crippen molar-refractivity contribution in [1.29, 1.82) is 0 Å². The van der Waals surface area contributed by atoms with Crippen LogP contribution in [0.5, 0.6) is 11.6 Å². The van der Waals surface area contributed by atoms with E-state index in [1.165, 1.54) is 0 Å². The van der Waals surface area contributed by atoms with Gasteiger partial charge < -0.3 is 9.53 Å². The number of aromatic nitrogens is 2. The van der Waals surface area contributed by atoms with Gasteiger partial charge in [0, 0.05) is 64.4 Å². The van der Waals surface area contributed by atoms with E-state index in [4.69, 9.17) is 4.74 Å². The Hall–Kier alpha value is -2.49. The van der Waals surface area contributed by atoms with Crippen LogP contribution < -0.4 is 4.74 Å². The first kappa shape index (κ1) is 24.5. The topological polar surface area (TPSA) is 52.1 Å². The molecule has 0 saturated heterocycles. The Bertz CT molecular complexity index is 876. The van der Waals surface area contributed by atoms with Crippen LogP contribution in [0.25, 0.3) is 0 Å². The molecule has 0 amide bonds. The predicted octanol–water partition coefficient (Wildman–Crippen LogP) is 4.78. The van der Waals surface area contributed by atoms with Crippen molar-refractivity contribution in [3.05, 3.63) is 121 Å². The maximum Gasteiger partial charge on any atom is 0.216 e. The van der Waals surface area contributed by atoms with Gasteiger partial charge in [-0.2, -0.15) is 18.2 Å². The zero-order valence-electron chi connectivity index (χ0n) is 15.1. The second-order valence-electron chi connectivity index (χ2n) is 5.32. The van der Waals surface area contributed by atoms with Gasteiger partial charge in [-0.15, -0.1) is 48.0 Å². The third kappa shape index (κ3) is 8.18. The van der Waals surface area contributed by atoms with Crippen LogP contribution in [0.15, 0.2) is 97.3 Å². The number of carbonyl (C=O) groups is 1. The van der Waals surface area contributed by atoms with Crippen LogP contribution in [0.1, 0.15) is 16.1 Å². The minimum absolute atomic E-state index is 0. The second kappa shape index (κ2) is 13.6. The van der Waals surface area contributed by atoms with Crippen molar-refractivity contribution in [3.8, 4) is 11.6 Å². The van der Waals surface area contributed by atoms with Crippen molar-refractivity contribution in [2.75, 3.05) is 0 Å². The Morgan fingerprint density at radius 2 is 1.38 bits per heavy atom. The molecule has 2 aromatic carbocycles. The Kier molecular flexibility index (Phi) is 11.6.